The van der Waals surface area contributed by atoms with Gasteiger partial charge in [0.1, 0.15) is 11.9 Å². The lowest BCUT2D eigenvalue weighted by Gasteiger charge is -2.40. The zero-order valence-corrected chi connectivity index (χ0v) is 13.7. The third-order valence-corrected chi connectivity index (χ3v) is 4.28. The second-order valence-corrected chi connectivity index (χ2v) is 6.12. The molecular weight excluding hydrogens is 296 g/mol. The van der Waals surface area contributed by atoms with Gasteiger partial charge in [-0.15, -0.1) is 0 Å². The summed E-state index contributed by atoms with van der Waals surface area (Å²) in [6, 6.07) is 12.0. The van der Waals surface area contributed by atoms with Crippen LogP contribution in [0.5, 0.6) is 11.5 Å². The Morgan fingerprint density at radius 3 is 2.59 bits per heavy atom. The molecule has 1 aliphatic heterocycles. The first-order valence-corrected chi connectivity index (χ1v) is 8.68. The average Bonchev–Trinajstić information content (AvgIpc) is 2.52. The molecule has 4 nitrogen and oxygen atoms in total. The summed E-state index contributed by atoms with van der Waals surface area (Å²) in [6.07, 6.45) is 4.24. The second kappa shape index (κ2) is 6.92. The van der Waals surface area contributed by atoms with E-state index in [1.54, 1.807) is 7.11 Å². The smallest absolute Gasteiger partial charge is 0.161 e. The lowest BCUT2D eigenvalue weighted by molar-refractivity contribution is 0.160. The predicted molar refractivity (Wildman–Crippen MR) is 91.1 cm³/mol. The van der Waals surface area contributed by atoms with Crippen LogP contribution in [0.3, 0.4) is 0 Å². The number of methoxy groups -OCH3 is 1. The maximum absolute atomic E-state index is 5.99. The number of pyridine rings is 1. The minimum atomic E-state index is 0.184. The number of hydrogen-bond acceptors (Lipinski definition) is 5. The highest BCUT2D eigenvalue weighted by Gasteiger charge is 2.30. The summed E-state index contributed by atoms with van der Waals surface area (Å²) in [5.74, 6) is 3.61. The maximum Gasteiger partial charge on any atom is 0.161 e. The van der Waals surface area contributed by atoms with E-state index in [-0.39, 0.29) is 6.10 Å². The van der Waals surface area contributed by atoms with E-state index in [4.69, 9.17) is 9.47 Å². The number of aromatic nitrogens is 1. The Bertz CT molecular complexity index is 612. The number of thioether (sulfide) groups is 1. The van der Waals surface area contributed by atoms with Crippen molar-refractivity contribution in [2.45, 2.75) is 11.9 Å². The highest BCUT2D eigenvalue weighted by atomic mass is 32.2. The molecule has 1 aliphatic rings. The standard InChI is InChI=1S/C17H20N2O2S/c1-20-15-5-3-4-6-16(15)21-14-10-19(11-14)17-8-7-13(9-18-17)12-22-2/h3-9,14H,10-12H2,1-2H3. The van der Waals surface area contributed by atoms with Gasteiger partial charge in [0.15, 0.2) is 11.5 Å². The molecule has 3 rings (SSSR count). The molecule has 0 atom stereocenters. The fourth-order valence-corrected chi connectivity index (χ4v) is 2.96. The van der Waals surface area contributed by atoms with E-state index >= 15 is 0 Å². The van der Waals surface area contributed by atoms with Crippen LogP contribution in [0.2, 0.25) is 0 Å². The number of hydrogen-bond donors (Lipinski definition) is 0. The van der Waals surface area contributed by atoms with E-state index in [0.717, 1.165) is 36.2 Å². The van der Waals surface area contributed by atoms with Gasteiger partial charge < -0.3 is 14.4 Å². The normalized spacial score (nSPS) is 14.5. The van der Waals surface area contributed by atoms with E-state index < -0.39 is 0 Å². The van der Waals surface area contributed by atoms with E-state index in [9.17, 15) is 0 Å². The van der Waals surface area contributed by atoms with Crippen LogP contribution in [0.1, 0.15) is 5.56 Å². The molecule has 0 amide bonds. The van der Waals surface area contributed by atoms with Gasteiger partial charge in [-0.05, 0) is 30.0 Å². The Hall–Kier alpha value is -1.88. The molecular formula is C17H20N2O2S. The number of ether oxygens (including phenoxy) is 2. The Morgan fingerprint density at radius 1 is 1.18 bits per heavy atom. The second-order valence-electron chi connectivity index (χ2n) is 5.25. The Labute approximate surface area is 135 Å². The van der Waals surface area contributed by atoms with Crippen LogP contribution in [0.4, 0.5) is 5.82 Å². The first-order valence-electron chi connectivity index (χ1n) is 7.28. The molecule has 1 aromatic heterocycles. The lowest BCUT2D eigenvalue weighted by atomic mass is 10.1. The molecule has 0 radical (unpaired) electrons. The van der Waals surface area contributed by atoms with Crippen LogP contribution in [-0.2, 0) is 5.75 Å². The fraction of sp³-hybridized carbons (Fsp3) is 0.353. The Kier molecular flexibility index (Phi) is 4.73. The van der Waals surface area contributed by atoms with Gasteiger partial charge in [0.25, 0.3) is 0 Å². The number of anilines is 1. The Morgan fingerprint density at radius 2 is 1.95 bits per heavy atom. The third kappa shape index (κ3) is 3.30. The number of para-hydroxylation sites is 2. The number of benzene rings is 1. The summed E-state index contributed by atoms with van der Waals surface area (Å²) in [7, 11) is 1.66. The van der Waals surface area contributed by atoms with Gasteiger partial charge in [0.05, 0.1) is 20.2 Å². The molecule has 0 bridgehead atoms. The van der Waals surface area contributed by atoms with Gasteiger partial charge in [0, 0.05) is 11.9 Å². The van der Waals surface area contributed by atoms with Crippen LogP contribution >= 0.6 is 11.8 Å². The topological polar surface area (TPSA) is 34.6 Å². The van der Waals surface area contributed by atoms with E-state index in [0.29, 0.717) is 0 Å². The first kappa shape index (κ1) is 15.0. The van der Waals surface area contributed by atoms with E-state index in [2.05, 4.69) is 28.3 Å². The van der Waals surface area contributed by atoms with Crippen LogP contribution in [0.15, 0.2) is 42.6 Å². The van der Waals surface area contributed by atoms with Gasteiger partial charge in [-0.25, -0.2) is 4.98 Å². The van der Waals surface area contributed by atoms with Gasteiger partial charge in [-0.1, -0.05) is 18.2 Å². The van der Waals surface area contributed by atoms with Crippen molar-refractivity contribution in [1.82, 2.24) is 4.98 Å². The molecule has 0 unspecified atom stereocenters. The Balaban J connectivity index is 1.55. The van der Waals surface area contributed by atoms with Gasteiger partial charge in [0.2, 0.25) is 0 Å². The molecule has 2 heterocycles. The molecule has 5 heteroatoms. The monoisotopic (exact) mass is 316 g/mol. The first-order chi connectivity index (χ1) is 10.8. The SMILES string of the molecule is COc1ccccc1OC1CN(c2ccc(CSC)cn2)C1. The summed E-state index contributed by atoms with van der Waals surface area (Å²) in [5.41, 5.74) is 1.26. The van der Waals surface area contributed by atoms with Gasteiger partial charge in [-0.2, -0.15) is 11.8 Å². The molecule has 22 heavy (non-hydrogen) atoms. The van der Waals surface area contributed by atoms with Crippen molar-refractivity contribution in [1.29, 1.82) is 0 Å². The van der Waals surface area contributed by atoms with Crippen molar-refractivity contribution in [2.75, 3.05) is 31.4 Å². The van der Waals surface area contributed by atoms with Gasteiger partial charge in [-0.3, -0.25) is 0 Å². The van der Waals surface area contributed by atoms with Crippen molar-refractivity contribution < 1.29 is 9.47 Å². The highest BCUT2D eigenvalue weighted by molar-refractivity contribution is 7.97. The van der Waals surface area contributed by atoms with E-state index in [1.165, 1.54) is 5.56 Å². The molecule has 1 saturated heterocycles. The minimum absolute atomic E-state index is 0.184. The fourth-order valence-electron chi connectivity index (χ4n) is 2.45. The zero-order valence-electron chi connectivity index (χ0n) is 12.9. The third-order valence-electron chi connectivity index (χ3n) is 3.65. The molecule has 116 valence electrons. The molecule has 1 fully saturated rings. The summed E-state index contributed by atoms with van der Waals surface area (Å²) in [4.78, 5) is 6.75. The molecule has 0 spiro atoms. The predicted octanol–water partition coefficient (Wildman–Crippen LogP) is 3.22. The number of nitrogens with zero attached hydrogens (tertiary/aromatic N) is 2. The largest absolute Gasteiger partial charge is 0.493 e. The van der Waals surface area contributed by atoms with Crippen molar-refractivity contribution >= 4 is 17.6 Å². The molecule has 1 aromatic carbocycles. The van der Waals surface area contributed by atoms with E-state index in [1.807, 2.05) is 42.2 Å². The molecule has 0 aliphatic carbocycles. The molecule has 0 N–H and O–H groups in total. The van der Waals surface area contributed by atoms with Crippen LogP contribution in [-0.4, -0.2) is 37.5 Å². The van der Waals surface area contributed by atoms with Crippen LogP contribution < -0.4 is 14.4 Å². The maximum atomic E-state index is 5.99. The minimum Gasteiger partial charge on any atom is -0.493 e. The lowest BCUT2D eigenvalue weighted by Crippen LogP contribution is -2.54. The summed E-state index contributed by atoms with van der Waals surface area (Å²) >= 11 is 1.81. The molecule has 0 saturated carbocycles. The van der Waals surface area contributed by atoms with Crippen molar-refractivity contribution in [3.63, 3.8) is 0 Å². The van der Waals surface area contributed by atoms with Gasteiger partial charge >= 0.3 is 0 Å². The summed E-state index contributed by atoms with van der Waals surface area (Å²) in [5, 5.41) is 0. The van der Waals surface area contributed by atoms with Crippen molar-refractivity contribution in [3.05, 3.63) is 48.2 Å². The number of rotatable bonds is 6. The van der Waals surface area contributed by atoms with Crippen molar-refractivity contribution in [2.24, 2.45) is 0 Å². The summed E-state index contributed by atoms with van der Waals surface area (Å²) < 4.78 is 11.3. The average molecular weight is 316 g/mol. The van der Waals surface area contributed by atoms with Crippen molar-refractivity contribution in [3.8, 4) is 11.5 Å². The quantitative estimate of drug-likeness (QED) is 0.817. The van der Waals surface area contributed by atoms with Crippen LogP contribution in [0.25, 0.3) is 0 Å². The highest BCUT2D eigenvalue weighted by Crippen LogP contribution is 2.29. The zero-order chi connectivity index (χ0) is 15.4. The molecule has 2 aromatic rings. The van der Waals surface area contributed by atoms with Crippen LogP contribution in [0, 0.1) is 0 Å². The summed E-state index contributed by atoms with van der Waals surface area (Å²) in [6.45, 7) is 1.71.